The van der Waals surface area contributed by atoms with Crippen molar-refractivity contribution in [3.63, 3.8) is 0 Å². The van der Waals surface area contributed by atoms with Crippen molar-refractivity contribution in [1.82, 2.24) is 4.98 Å². The Balaban J connectivity index is 1.96. The zero-order valence-electron chi connectivity index (χ0n) is 22.7. The summed E-state index contributed by atoms with van der Waals surface area (Å²) in [5.41, 5.74) is 6.78. The highest BCUT2D eigenvalue weighted by Crippen LogP contribution is 2.44. The zero-order chi connectivity index (χ0) is 30.4. The van der Waals surface area contributed by atoms with E-state index in [2.05, 4.69) is 10.1 Å². The smallest absolute Gasteiger partial charge is 0.355 e. The highest BCUT2D eigenvalue weighted by molar-refractivity contribution is 6.06. The number of carbonyl (C=O) groups excluding carboxylic acids is 2. The predicted octanol–water partition coefficient (Wildman–Crippen LogP) is 3.69. The van der Waals surface area contributed by atoms with Gasteiger partial charge in [-0.15, -0.1) is 0 Å². The number of allylic oxidation sites excluding steroid dienone is 1. The van der Waals surface area contributed by atoms with Gasteiger partial charge in [0.15, 0.2) is 5.75 Å². The molecule has 212 valence electrons. The molecule has 42 heavy (non-hydrogen) atoms. The van der Waals surface area contributed by atoms with Gasteiger partial charge in [-0.3, -0.25) is 20.0 Å². The molecule has 0 fully saturated rings. The number of hydrogen-bond donors (Lipinski definition) is 1. The maximum absolute atomic E-state index is 13.3. The van der Waals surface area contributed by atoms with Gasteiger partial charge in [0.25, 0.3) is 5.69 Å². The fourth-order valence-corrected chi connectivity index (χ4v) is 4.39. The van der Waals surface area contributed by atoms with Crippen molar-refractivity contribution in [2.45, 2.75) is 12.8 Å². The van der Waals surface area contributed by atoms with Crippen LogP contribution in [0.2, 0.25) is 0 Å². The van der Waals surface area contributed by atoms with Gasteiger partial charge in [-0.05, 0) is 24.6 Å². The Morgan fingerprint density at radius 2 is 1.81 bits per heavy atom. The minimum atomic E-state index is -1.10. The maximum atomic E-state index is 13.3. The predicted molar refractivity (Wildman–Crippen MR) is 150 cm³/mol. The van der Waals surface area contributed by atoms with Gasteiger partial charge in [0.05, 0.1) is 59.7 Å². The van der Waals surface area contributed by atoms with E-state index >= 15 is 0 Å². The van der Waals surface area contributed by atoms with E-state index in [4.69, 9.17) is 20.0 Å². The minimum Gasteiger partial charge on any atom is -0.466 e. The first-order valence-electron chi connectivity index (χ1n) is 12.3. The first-order valence-corrected chi connectivity index (χ1v) is 12.3. The number of oxime groups is 1. The lowest BCUT2D eigenvalue weighted by atomic mass is 9.81. The summed E-state index contributed by atoms with van der Waals surface area (Å²) in [5, 5.41) is 26.1. The minimum absolute atomic E-state index is 0.0769. The molecule has 0 aliphatic carbocycles. The zero-order valence-corrected chi connectivity index (χ0v) is 22.7. The number of rotatable bonds is 8. The van der Waals surface area contributed by atoms with Crippen LogP contribution in [-0.2, 0) is 19.1 Å². The van der Waals surface area contributed by atoms with Crippen molar-refractivity contribution in [1.29, 1.82) is 5.26 Å². The highest BCUT2D eigenvalue weighted by atomic mass is 16.6. The molecule has 0 spiro atoms. The number of nitro benzene ring substituents is 1. The number of carbonyl (C=O) groups is 2. The second-order valence-corrected chi connectivity index (χ2v) is 8.79. The van der Waals surface area contributed by atoms with Crippen molar-refractivity contribution < 1.29 is 28.8 Å². The van der Waals surface area contributed by atoms with E-state index < -0.39 is 34.2 Å². The molecule has 1 aromatic heterocycles. The molecule has 0 saturated heterocycles. The summed E-state index contributed by atoms with van der Waals surface area (Å²) in [4.78, 5) is 48.3. The van der Waals surface area contributed by atoms with E-state index in [0.717, 1.165) is 31.3 Å². The number of ether oxygens (including phenoxy) is 2. The lowest BCUT2D eigenvalue weighted by Crippen LogP contribution is -2.40. The summed E-state index contributed by atoms with van der Waals surface area (Å²) in [6, 6.07) is 17.5. The Bertz CT molecular complexity index is 1680. The number of esters is 2. The molecule has 2 N–H and O–H groups in total. The third-order valence-corrected chi connectivity index (χ3v) is 6.32. The van der Waals surface area contributed by atoms with E-state index in [9.17, 15) is 25.0 Å². The Morgan fingerprint density at radius 1 is 1.10 bits per heavy atom. The largest absolute Gasteiger partial charge is 0.466 e. The number of hydrogen-bond acceptors (Lipinski definition) is 12. The van der Waals surface area contributed by atoms with Crippen LogP contribution < -0.4 is 15.5 Å². The van der Waals surface area contributed by atoms with E-state index in [1.165, 1.54) is 6.07 Å². The third kappa shape index (κ3) is 5.63. The monoisotopic (exact) mass is 568 g/mol. The molecule has 2 heterocycles. The highest BCUT2D eigenvalue weighted by Gasteiger charge is 2.43. The number of nitrogens with two attached hydrogens (primary N) is 1. The number of nitro groups is 1. The van der Waals surface area contributed by atoms with Crippen molar-refractivity contribution >= 4 is 29.0 Å². The molecule has 1 aliphatic heterocycles. The van der Waals surface area contributed by atoms with Crippen LogP contribution in [0, 0.1) is 21.4 Å². The SMILES string of the molecule is COC(=O)C1=C(C(=O)OC)N(c2cc(ON=C(C)c3cccnc3)cc([N+](=O)[O-])c2)C(N)=C(C#N)C1c1ccccc1. The maximum Gasteiger partial charge on any atom is 0.355 e. The van der Waals surface area contributed by atoms with Gasteiger partial charge in [-0.25, -0.2) is 9.59 Å². The quantitative estimate of drug-likeness (QED) is 0.181. The number of nitrogens with zero attached hydrogens (tertiary/aromatic N) is 5. The van der Waals surface area contributed by atoms with Crippen molar-refractivity contribution in [2.75, 3.05) is 19.1 Å². The van der Waals surface area contributed by atoms with Crippen LogP contribution in [0.15, 0.2) is 101 Å². The average molecular weight is 569 g/mol. The molecule has 0 bridgehead atoms. The van der Waals surface area contributed by atoms with Gasteiger partial charge in [-0.1, -0.05) is 35.5 Å². The first-order chi connectivity index (χ1) is 20.2. The lowest BCUT2D eigenvalue weighted by molar-refractivity contribution is -0.384. The van der Waals surface area contributed by atoms with Crippen molar-refractivity contribution in [3.05, 3.63) is 117 Å². The Hall–Kier alpha value is -6.03. The van der Waals surface area contributed by atoms with Crippen LogP contribution in [0.3, 0.4) is 0 Å². The molecule has 1 unspecified atom stereocenters. The summed E-state index contributed by atoms with van der Waals surface area (Å²) < 4.78 is 10.0. The summed E-state index contributed by atoms with van der Waals surface area (Å²) in [6.45, 7) is 1.66. The van der Waals surface area contributed by atoms with E-state index in [1.54, 1.807) is 61.8 Å². The molecule has 0 amide bonds. The van der Waals surface area contributed by atoms with Crippen LogP contribution >= 0.6 is 0 Å². The second kappa shape index (κ2) is 12.4. The van der Waals surface area contributed by atoms with Gasteiger partial charge in [0.1, 0.15) is 11.5 Å². The van der Waals surface area contributed by atoms with E-state index in [-0.39, 0.29) is 28.4 Å². The van der Waals surface area contributed by atoms with Crippen LogP contribution in [0.5, 0.6) is 5.75 Å². The van der Waals surface area contributed by atoms with Gasteiger partial charge in [0, 0.05) is 30.1 Å². The molecule has 13 heteroatoms. The number of nitriles is 1. The summed E-state index contributed by atoms with van der Waals surface area (Å²) in [7, 11) is 2.21. The molecule has 0 radical (unpaired) electrons. The van der Waals surface area contributed by atoms with E-state index in [0.29, 0.717) is 16.8 Å². The Labute approximate surface area is 239 Å². The fourth-order valence-electron chi connectivity index (χ4n) is 4.39. The molecular weight excluding hydrogens is 544 g/mol. The normalized spacial score (nSPS) is 15.1. The molecule has 2 aromatic carbocycles. The van der Waals surface area contributed by atoms with Crippen molar-refractivity contribution in [2.24, 2.45) is 10.9 Å². The average Bonchev–Trinajstić information content (AvgIpc) is 3.02. The molecule has 13 nitrogen and oxygen atoms in total. The molecule has 1 aliphatic rings. The third-order valence-electron chi connectivity index (χ3n) is 6.32. The Kier molecular flexibility index (Phi) is 8.57. The molecule has 0 saturated carbocycles. The standard InChI is InChI=1S/C29H24N6O7/c1-17(19-10-7-11-32-16-19)33-42-22-13-20(12-21(14-22)35(38)39)34-26(29(37)41-3)25(28(36)40-2)24(23(15-30)27(34)31)18-8-5-4-6-9-18/h4-14,16,24H,31H2,1-3H3. The van der Waals surface area contributed by atoms with Gasteiger partial charge in [0.2, 0.25) is 0 Å². The number of pyridine rings is 1. The molecule has 3 aromatic rings. The Morgan fingerprint density at radius 3 is 2.40 bits per heavy atom. The second-order valence-electron chi connectivity index (χ2n) is 8.79. The molecule has 1 atom stereocenters. The number of aromatic nitrogens is 1. The molecular formula is C29H24N6O7. The molecule has 4 rings (SSSR count). The number of non-ortho nitro benzene ring substituents is 1. The number of benzene rings is 2. The summed E-state index contributed by atoms with van der Waals surface area (Å²) in [5.74, 6) is -3.40. The number of methoxy groups -OCH3 is 2. The lowest BCUT2D eigenvalue weighted by Gasteiger charge is -2.35. The van der Waals surface area contributed by atoms with E-state index in [1.807, 2.05) is 6.07 Å². The topological polar surface area (TPSA) is 183 Å². The van der Waals surface area contributed by atoms with Gasteiger partial charge < -0.3 is 20.0 Å². The summed E-state index contributed by atoms with van der Waals surface area (Å²) >= 11 is 0. The van der Waals surface area contributed by atoms with Crippen molar-refractivity contribution in [3.8, 4) is 11.8 Å². The van der Waals surface area contributed by atoms with Crippen LogP contribution in [0.25, 0.3) is 0 Å². The fraction of sp³-hybridized carbons (Fsp3) is 0.138. The van der Waals surface area contributed by atoms with Gasteiger partial charge in [-0.2, -0.15) is 5.26 Å². The number of anilines is 1. The van der Waals surface area contributed by atoms with Gasteiger partial charge >= 0.3 is 11.9 Å². The van der Waals surface area contributed by atoms with Crippen LogP contribution in [0.4, 0.5) is 11.4 Å². The van der Waals surface area contributed by atoms with Crippen LogP contribution in [0.1, 0.15) is 24.0 Å². The first kappa shape index (κ1) is 29.0. The summed E-state index contributed by atoms with van der Waals surface area (Å²) in [6.07, 6.45) is 3.16. The van der Waals surface area contributed by atoms with Crippen LogP contribution in [-0.4, -0.2) is 41.8 Å².